The average Bonchev–Trinajstić information content (AvgIpc) is 2.52. The van der Waals surface area contributed by atoms with Crippen LogP contribution in [0.2, 0.25) is 0 Å². The SMILES string of the molecule is Cc1cccc(OC(=O)[C@@H](NC(=O)c2ccccc2F)C(C)C)c1. The molecule has 2 aromatic carbocycles. The summed E-state index contributed by atoms with van der Waals surface area (Å²) in [6.45, 7) is 5.45. The summed E-state index contributed by atoms with van der Waals surface area (Å²) >= 11 is 0. The fourth-order valence-corrected chi connectivity index (χ4v) is 2.22. The molecule has 0 heterocycles. The number of ether oxygens (including phenoxy) is 1. The Morgan fingerprint density at radius 3 is 2.42 bits per heavy atom. The Labute approximate surface area is 140 Å². The zero-order valence-electron chi connectivity index (χ0n) is 13.9. The first-order valence-corrected chi connectivity index (χ1v) is 7.72. The smallest absolute Gasteiger partial charge is 0.334 e. The molecule has 126 valence electrons. The van der Waals surface area contributed by atoms with Gasteiger partial charge in [0.05, 0.1) is 5.56 Å². The highest BCUT2D eigenvalue weighted by atomic mass is 19.1. The van der Waals surface area contributed by atoms with Gasteiger partial charge in [-0.25, -0.2) is 9.18 Å². The van der Waals surface area contributed by atoms with Crippen molar-refractivity contribution in [2.75, 3.05) is 0 Å². The summed E-state index contributed by atoms with van der Waals surface area (Å²) in [6, 6.07) is 11.8. The van der Waals surface area contributed by atoms with E-state index in [9.17, 15) is 14.0 Å². The number of benzene rings is 2. The fourth-order valence-electron chi connectivity index (χ4n) is 2.22. The summed E-state index contributed by atoms with van der Waals surface area (Å²) in [7, 11) is 0. The topological polar surface area (TPSA) is 55.4 Å². The highest BCUT2D eigenvalue weighted by Crippen LogP contribution is 2.15. The lowest BCUT2D eigenvalue weighted by molar-refractivity contribution is -0.137. The minimum Gasteiger partial charge on any atom is -0.425 e. The number of hydrogen-bond donors (Lipinski definition) is 1. The van der Waals surface area contributed by atoms with E-state index in [1.54, 1.807) is 38.1 Å². The third-order valence-electron chi connectivity index (χ3n) is 3.53. The molecule has 5 heteroatoms. The van der Waals surface area contributed by atoms with Gasteiger partial charge in [0.1, 0.15) is 17.6 Å². The average molecular weight is 329 g/mol. The van der Waals surface area contributed by atoms with Gasteiger partial charge in [-0.3, -0.25) is 4.79 Å². The molecule has 2 rings (SSSR count). The Morgan fingerprint density at radius 2 is 1.79 bits per heavy atom. The van der Waals surface area contributed by atoms with E-state index in [0.29, 0.717) is 5.75 Å². The molecule has 0 bridgehead atoms. The maximum absolute atomic E-state index is 13.7. The van der Waals surface area contributed by atoms with Crippen molar-refractivity contribution >= 4 is 11.9 Å². The molecule has 1 N–H and O–H groups in total. The molecule has 0 aliphatic heterocycles. The molecular weight excluding hydrogens is 309 g/mol. The number of halogens is 1. The maximum atomic E-state index is 13.7. The number of amides is 1. The van der Waals surface area contributed by atoms with Crippen LogP contribution in [0, 0.1) is 18.7 Å². The van der Waals surface area contributed by atoms with Gasteiger partial charge in [-0.2, -0.15) is 0 Å². The van der Waals surface area contributed by atoms with E-state index in [0.717, 1.165) is 5.56 Å². The van der Waals surface area contributed by atoms with Crippen molar-refractivity contribution in [2.24, 2.45) is 5.92 Å². The molecule has 0 saturated carbocycles. The van der Waals surface area contributed by atoms with Crippen LogP contribution in [0.3, 0.4) is 0 Å². The zero-order chi connectivity index (χ0) is 17.7. The summed E-state index contributed by atoms with van der Waals surface area (Å²) in [4.78, 5) is 24.6. The summed E-state index contributed by atoms with van der Waals surface area (Å²) in [5.74, 6) is -1.67. The van der Waals surface area contributed by atoms with Crippen molar-refractivity contribution in [2.45, 2.75) is 26.8 Å². The minimum absolute atomic E-state index is 0.105. The zero-order valence-corrected chi connectivity index (χ0v) is 13.9. The van der Waals surface area contributed by atoms with Gasteiger partial charge in [0, 0.05) is 0 Å². The van der Waals surface area contributed by atoms with Crippen LogP contribution in [0.1, 0.15) is 29.8 Å². The summed E-state index contributed by atoms with van der Waals surface area (Å²) in [5, 5.41) is 2.55. The second-order valence-corrected chi connectivity index (χ2v) is 5.91. The normalized spacial score (nSPS) is 11.9. The van der Waals surface area contributed by atoms with Gasteiger partial charge in [-0.05, 0) is 42.7 Å². The number of aryl methyl sites for hydroxylation is 1. The van der Waals surface area contributed by atoms with Crippen LogP contribution in [0.15, 0.2) is 48.5 Å². The van der Waals surface area contributed by atoms with E-state index in [4.69, 9.17) is 4.74 Å². The van der Waals surface area contributed by atoms with Crippen molar-refractivity contribution in [1.29, 1.82) is 0 Å². The highest BCUT2D eigenvalue weighted by molar-refractivity contribution is 5.97. The standard InChI is InChI=1S/C19H20FNO3/c1-12(2)17(19(23)24-14-8-6-7-13(3)11-14)21-18(22)15-9-4-5-10-16(15)20/h4-12,17H,1-3H3,(H,21,22)/t17-/m0/s1. The lowest BCUT2D eigenvalue weighted by Crippen LogP contribution is -2.46. The fraction of sp³-hybridized carbons (Fsp3) is 0.263. The van der Waals surface area contributed by atoms with Crippen molar-refractivity contribution in [3.8, 4) is 5.75 Å². The monoisotopic (exact) mass is 329 g/mol. The second-order valence-electron chi connectivity index (χ2n) is 5.91. The summed E-state index contributed by atoms with van der Waals surface area (Å²) in [5.41, 5.74) is 0.850. The third kappa shape index (κ3) is 4.41. The van der Waals surface area contributed by atoms with Gasteiger partial charge in [-0.1, -0.05) is 38.1 Å². The van der Waals surface area contributed by atoms with Gasteiger partial charge in [-0.15, -0.1) is 0 Å². The first kappa shape index (κ1) is 17.7. The van der Waals surface area contributed by atoms with E-state index < -0.39 is 23.7 Å². The largest absolute Gasteiger partial charge is 0.425 e. The number of carbonyl (C=O) groups is 2. The van der Waals surface area contributed by atoms with Crippen LogP contribution in [-0.2, 0) is 4.79 Å². The van der Waals surface area contributed by atoms with E-state index in [1.165, 1.54) is 18.2 Å². The van der Waals surface area contributed by atoms with Gasteiger partial charge in [0.25, 0.3) is 5.91 Å². The molecule has 1 atom stereocenters. The molecule has 0 unspecified atom stereocenters. The molecular formula is C19H20FNO3. The van der Waals surface area contributed by atoms with E-state index in [2.05, 4.69) is 5.32 Å². The molecule has 0 spiro atoms. The van der Waals surface area contributed by atoms with Gasteiger partial charge in [0.15, 0.2) is 0 Å². The summed E-state index contributed by atoms with van der Waals surface area (Å²) < 4.78 is 19.0. The highest BCUT2D eigenvalue weighted by Gasteiger charge is 2.27. The Bertz CT molecular complexity index is 743. The van der Waals surface area contributed by atoms with Crippen molar-refractivity contribution in [3.05, 3.63) is 65.5 Å². The first-order chi connectivity index (χ1) is 11.4. The molecule has 0 radical (unpaired) electrons. The molecule has 4 nitrogen and oxygen atoms in total. The number of hydrogen-bond acceptors (Lipinski definition) is 3. The number of nitrogens with one attached hydrogen (secondary N) is 1. The van der Waals surface area contributed by atoms with Gasteiger partial charge >= 0.3 is 5.97 Å². The van der Waals surface area contributed by atoms with Crippen LogP contribution < -0.4 is 10.1 Å². The predicted octanol–water partition coefficient (Wildman–Crippen LogP) is 3.49. The second kappa shape index (κ2) is 7.73. The van der Waals surface area contributed by atoms with Crippen molar-refractivity contribution in [1.82, 2.24) is 5.32 Å². The summed E-state index contributed by atoms with van der Waals surface area (Å²) in [6.07, 6.45) is 0. The first-order valence-electron chi connectivity index (χ1n) is 7.72. The van der Waals surface area contributed by atoms with Crippen LogP contribution in [0.5, 0.6) is 5.75 Å². The predicted molar refractivity (Wildman–Crippen MR) is 89.3 cm³/mol. The van der Waals surface area contributed by atoms with E-state index in [-0.39, 0.29) is 11.5 Å². The third-order valence-corrected chi connectivity index (χ3v) is 3.53. The molecule has 24 heavy (non-hydrogen) atoms. The van der Waals surface area contributed by atoms with E-state index >= 15 is 0 Å². The van der Waals surface area contributed by atoms with Gasteiger partial charge in [0.2, 0.25) is 0 Å². The van der Waals surface area contributed by atoms with Gasteiger partial charge < -0.3 is 10.1 Å². The quantitative estimate of drug-likeness (QED) is 0.675. The Balaban J connectivity index is 2.13. The molecule has 1 amide bonds. The lowest BCUT2D eigenvalue weighted by atomic mass is 10.0. The minimum atomic E-state index is -0.877. The molecule has 2 aromatic rings. The molecule has 0 fully saturated rings. The molecule has 0 aromatic heterocycles. The number of carbonyl (C=O) groups excluding carboxylic acids is 2. The van der Waals surface area contributed by atoms with Crippen LogP contribution >= 0.6 is 0 Å². The Hall–Kier alpha value is -2.69. The Morgan fingerprint density at radius 1 is 1.08 bits per heavy atom. The van der Waals surface area contributed by atoms with Crippen LogP contribution in [0.25, 0.3) is 0 Å². The van der Waals surface area contributed by atoms with E-state index in [1.807, 2.05) is 13.0 Å². The molecule has 0 aliphatic carbocycles. The lowest BCUT2D eigenvalue weighted by Gasteiger charge is -2.21. The Kier molecular flexibility index (Phi) is 5.68. The van der Waals surface area contributed by atoms with Crippen molar-refractivity contribution < 1.29 is 18.7 Å². The van der Waals surface area contributed by atoms with Crippen molar-refractivity contribution in [3.63, 3.8) is 0 Å². The molecule has 0 saturated heterocycles. The van der Waals surface area contributed by atoms with Crippen LogP contribution in [-0.4, -0.2) is 17.9 Å². The number of rotatable bonds is 5. The maximum Gasteiger partial charge on any atom is 0.334 e. The molecule has 0 aliphatic rings. The number of esters is 1. The van der Waals surface area contributed by atoms with Crippen LogP contribution in [0.4, 0.5) is 4.39 Å².